The summed E-state index contributed by atoms with van der Waals surface area (Å²) in [6.45, 7) is 2.62. The SMILES string of the molecule is COc1ccc(C(=O)NCc2ccc(C)n2C)cc1C12CC3CC(CC(C3)C1)C2. The van der Waals surface area contributed by atoms with Gasteiger partial charge >= 0.3 is 0 Å². The van der Waals surface area contributed by atoms with Gasteiger partial charge in [-0.05, 0) is 98.9 Å². The molecule has 1 amide bonds. The second-order valence-corrected chi connectivity index (χ2v) is 9.82. The molecule has 0 aliphatic heterocycles. The van der Waals surface area contributed by atoms with E-state index in [1.165, 1.54) is 49.8 Å². The Kier molecular flexibility index (Phi) is 4.49. The lowest BCUT2D eigenvalue weighted by atomic mass is 9.48. The van der Waals surface area contributed by atoms with E-state index in [2.05, 4.69) is 35.0 Å². The molecule has 1 aromatic carbocycles. The fourth-order valence-electron chi connectivity index (χ4n) is 6.82. The van der Waals surface area contributed by atoms with Crippen LogP contribution in [0, 0.1) is 24.7 Å². The van der Waals surface area contributed by atoms with Gasteiger partial charge in [0.25, 0.3) is 5.91 Å². The molecule has 4 saturated carbocycles. The minimum atomic E-state index is -0.00233. The summed E-state index contributed by atoms with van der Waals surface area (Å²) in [6.07, 6.45) is 8.04. The van der Waals surface area contributed by atoms with Crippen LogP contribution in [-0.2, 0) is 19.0 Å². The van der Waals surface area contributed by atoms with Gasteiger partial charge in [0.2, 0.25) is 0 Å². The first-order chi connectivity index (χ1) is 14.0. The van der Waals surface area contributed by atoms with Crippen LogP contribution in [0.1, 0.15) is 65.8 Å². The first-order valence-electron chi connectivity index (χ1n) is 11.1. The van der Waals surface area contributed by atoms with Crippen molar-refractivity contribution in [3.8, 4) is 5.75 Å². The topological polar surface area (TPSA) is 43.3 Å². The average Bonchev–Trinajstić information content (AvgIpc) is 3.02. The standard InChI is InChI=1S/C25H32N2O2/c1-16-4-6-21(27(16)2)15-26-24(28)20-5-7-23(29-3)22(11-20)25-12-17-8-18(13-25)10-19(9-17)14-25/h4-7,11,17-19H,8-10,12-15H2,1-3H3,(H,26,28). The van der Waals surface area contributed by atoms with Gasteiger partial charge in [-0.1, -0.05) is 0 Å². The van der Waals surface area contributed by atoms with Gasteiger partial charge in [0.05, 0.1) is 13.7 Å². The quantitative estimate of drug-likeness (QED) is 0.799. The maximum absolute atomic E-state index is 13.0. The Morgan fingerprint density at radius 3 is 2.31 bits per heavy atom. The molecular weight excluding hydrogens is 360 g/mol. The average molecular weight is 393 g/mol. The molecule has 154 valence electrons. The molecule has 1 aromatic heterocycles. The number of ether oxygens (including phenoxy) is 1. The van der Waals surface area contributed by atoms with Crippen molar-refractivity contribution < 1.29 is 9.53 Å². The molecule has 0 unspecified atom stereocenters. The molecule has 0 spiro atoms. The summed E-state index contributed by atoms with van der Waals surface area (Å²) in [5, 5.41) is 3.11. The van der Waals surface area contributed by atoms with Crippen molar-refractivity contribution in [1.29, 1.82) is 0 Å². The number of methoxy groups -OCH3 is 1. The van der Waals surface area contributed by atoms with E-state index in [1.807, 2.05) is 19.2 Å². The Morgan fingerprint density at radius 2 is 1.76 bits per heavy atom. The Hall–Kier alpha value is -2.23. The van der Waals surface area contributed by atoms with E-state index in [0.717, 1.165) is 34.8 Å². The third-order valence-corrected chi connectivity index (χ3v) is 7.98. The van der Waals surface area contributed by atoms with Gasteiger partial charge in [-0.2, -0.15) is 0 Å². The zero-order chi connectivity index (χ0) is 20.2. The molecule has 0 radical (unpaired) electrons. The molecule has 6 rings (SSSR count). The van der Waals surface area contributed by atoms with Crippen LogP contribution in [0.4, 0.5) is 0 Å². The predicted octanol–water partition coefficient (Wildman–Crippen LogP) is 4.74. The first kappa shape index (κ1) is 18.8. The first-order valence-corrected chi connectivity index (χ1v) is 11.1. The smallest absolute Gasteiger partial charge is 0.251 e. The van der Waals surface area contributed by atoms with Crippen LogP contribution in [0.2, 0.25) is 0 Å². The number of carbonyl (C=O) groups excluding carboxylic acids is 1. The molecule has 4 aliphatic carbocycles. The van der Waals surface area contributed by atoms with Gasteiger partial charge in [-0.25, -0.2) is 0 Å². The fraction of sp³-hybridized carbons (Fsp3) is 0.560. The van der Waals surface area contributed by atoms with Crippen LogP contribution in [0.3, 0.4) is 0 Å². The molecule has 1 N–H and O–H groups in total. The highest BCUT2D eigenvalue weighted by Crippen LogP contribution is 2.61. The number of aryl methyl sites for hydroxylation is 1. The molecule has 2 aromatic rings. The highest BCUT2D eigenvalue weighted by Gasteiger charge is 2.52. The van der Waals surface area contributed by atoms with Gasteiger partial charge in [0.1, 0.15) is 5.75 Å². The molecule has 4 nitrogen and oxygen atoms in total. The van der Waals surface area contributed by atoms with Gasteiger partial charge in [0, 0.05) is 29.6 Å². The molecule has 29 heavy (non-hydrogen) atoms. The molecule has 1 heterocycles. The molecule has 0 saturated heterocycles. The number of nitrogens with zero attached hydrogens (tertiary/aromatic N) is 1. The predicted molar refractivity (Wildman–Crippen MR) is 114 cm³/mol. The van der Waals surface area contributed by atoms with Crippen molar-refractivity contribution >= 4 is 5.91 Å². The lowest BCUT2D eigenvalue weighted by Gasteiger charge is -2.57. The maximum Gasteiger partial charge on any atom is 0.251 e. The highest BCUT2D eigenvalue weighted by molar-refractivity contribution is 5.94. The molecule has 4 aliphatic rings. The lowest BCUT2D eigenvalue weighted by molar-refractivity contribution is -0.00617. The van der Waals surface area contributed by atoms with E-state index in [0.29, 0.717) is 6.54 Å². The van der Waals surface area contributed by atoms with E-state index < -0.39 is 0 Å². The Labute approximate surface area is 173 Å². The van der Waals surface area contributed by atoms with Crippen LogP contribution in [0.25, 0.3) is 0 Å². The minimum Gasteiger partial charge on any atom is -0.496 e. The number of amides is 1. The Bertz CT molecular complexity index is 907. The summed E-state index contributed by atoms with van der Waals surface area (Å²) < 4.78 is 7.90. The molecule has 4 bridgehead atoms. The monoisotopic (exact) mass is 392 g/mol. The van der Waals surface area contributed by atoms with Crippen molar-refractivity contribution in [3.63, 3.8) is 0 Å². The second-order valence-electron chi connectivity index (χ2n) is 9.82. The van der Waals surface area contributed by atoms with Crippen LogP contribution < -0.4 is 10.1 Å². The number of aromatic nitrogens is 1. The summed E-state index contributed by atoms with van der Waals surface area (Å²) in [6, 6.07) is 10.2. The Morgan fingerprint density at radius 1 is 1.10 bits per heavy atom. The van der Waals surface area contributed by atoms with E-state index in [-0.39, 0.29) is 11.3 Å². The van der Waals surface area contributed by atoms with Gasteiger partial charge in [-0.3, -0.25) is 4.79 Å². The van der Waals surface area contributed by atoms with Gasteiger partial charge in [0.15, 0.2) is 0 Å². The Balaban J connectivity index is 1.41. The van der Waals surface area contributed by atoms with Crippen molar-refractivity contribution in [3.05, 3.63) is 52.8 Å². The molecular formula is C25H32N2O2. The molecule has 0 atom stereocenters. The third kappa shape index (κ3) is 3.17. The molecule has 4 fully saturated rings. The summed E-state index contributed by atoms with van der Waals surface area (Å²) in [5.74, 6) is 3.55. The summed E-state index contributed by atoms with van der Waals surface area (Å²) in [7, 11) is 3.80. The number of carbonyl (C=O) groups is 1. The largest absolute Gasteiger partial charge is 0.496 e. The van der Waals surface area contributed by atoms with E-state index >= 15 is 0 Å². The summed E-state index contributed by atoms with van der Waals surface area (Å²) in [5.41, 5.74) is 4.56. The van der Waals surface area contributed by atoms with Crippen molar-refractivity contribution in [2.24, 2.45) is 24.8 Å². The van der Waals surface area contributed by atoms with E-state index in [1.54, 1.807) is 7.11 Å². The number of rotatable bonds is 5. The van der Waals surface area contributed by atoms with Gasteiger partial charge < -0.3 is 14.6 Å². The zero-order valence-electron chi connectivity index (χ0n) is 17.8. The maximum atomic E-state index is 13.0. The number of hydrogen-bond acceptors (Lipinski definition) is 2. The van der Waals surface area contributed by atoms with Crippen LogP contribution in [-0.4, -0.2) is 17.6 Å². The molecule has 4 heteroatoms. The van der Waals surface area contributed by atoms with Crippen molar-refractivity contribution in [2.75, 3.05) is 7.11 Å². The van der Waals surface area contributed by atoms with E-state index in [9.17, 15) is 4.79 Å². The number of nitrogens with one attached hydrogen (secondary N) is 1. The summed E-state index contributed by atoms with van der Waals surface area (Å²) in [4.78, 5) is 13.0. The second kappa shape index (κ2) is 6.93. The van der Waals surface area contributed by atoms with E-state index in [4.69, 9.17) is 4.74 Å². The number of benzene rings is 1. The third-order valence-electron chi connectivity index (χ3n) is 7.98. The van der Waals surface area contributed by atoms with Crippen molar-refractivity contribution in [1.82, 2.24) is 9.88 Å². The zero-order valence-corrected chi connectivity index (χ0v) is 17.8. The van der Waals surface area contributed by atoms with Gasteiger partial charge in [-0.15, -0.1) is 0 Å². The fourth-order valence-corrected chi connectivity index (χ4v) is 6.82. The normalized spacial score (nSPS) is 29.8. The van der Waals surface area contributed by atoms with Crippen LogP contribution in [0.5, 0.6) is 5.75 Å². The van der Waals surface area contributed by atoms with Crippen LogP contribution >= 0.6 is 0 Å². The number of hydrogen-bond donors (Lipinski definition) is 1. The minimum absolute atomic E-state index is 0.00233. The summed E-state index contributed by atoms with van der Waals surface area (Å²) >= 11 is 0. The lowest BCUT2D eigenvalue weighted by Crippen LogP contribution is -2.48. The highest BCUT2D eigenvalue weighted by atomic mass is 16.5. The van der Waals surface area contributed by atoms with Crippen molar-refractivity contribution in [2.45, 2.75) is 57.4 Å². The van der Waals surface area contributed by atoms with Crippen LogP contribution in [0.15, 0.2) is 30.3 Å².